The van der Waals surface area contributed by atoms with Crippen LogP contribution < -0.4 is 5.32 Å². The molecule has 3 rings (SSSR count). The molecule has 22 heavy (non-hydrogen) atoms. The Morgan fingerprint density at radius 1 is 1.32 bits per heavy atom. The van der Waals surface area contributed by atoms with Gasteiger partial charge in [-0.15, -0.1) is 0 Å². The summed E-state index contributed by atoms with van der Waals surface area (Å²) >= 11 is 0. The normalized spacial score (nSPS) is 21.4. The molecular weight excluding hydrogens is 288 g/mol. The summed E-state index contributed by atoms with van der Waals surface area (Å²) in [4.78, 5) is 4.00. The fourth-order valence-electron chi connectivity index (χ4n) is 2.78. The number of imidazole rings is 1. The second-order valence-electron chi connectivity index (χ2n) is 5.47. The average molecular weight is 307 g/mol. The van der Waals surface area contributed by atoms with Gasteiger partial charge in [-0.2, -0.15) is 0 Å². The Morgan fingerprint density at radius 2 is 2.23 bits per heavy atom. The molecule has 6 heteroatoms. The highest BCUT2D eigenvalue weighted by atomic mass is 19.2. The minimum Gasteiger partial charge on any atom is -0.372 e. The minimum absolute atomic E-state index is 0.132. The first-order valence-electron chi connectivity index (χ1n) is 7.50. The molecule has 0 spiro atoms. The van der Waals surface area contributed by atoms with Crippen LogP contribution in [0.4, 0.5) is 8.78 Å². The van der Waals surface area contributed by atoms with Gasteiger partial charge in [-0.1, -0.05) is 6.07 Å². The Labute approximate surface area is 128 Å². The maximum atomic E-state index is 13.4. The van der Waals surface area contributed by atoms with E-state index in [2.05, 4.69) is 10.3 Å². The van der Waals surface area contributed by atoms with E-state index in [0.717, 1.165) is 32.0 Å². The third-order valence-electron chi connectivity index (χ3n) is 3.92. The number of aromatic nitrogens is 2. The summed E-state index contributed by atoms with van der Waals surface area (Å²) in [6.07, 6.45) is 7.11. The third-order valence-corrected chi connectivity index (χ3v) is 3.92. The maximum Gasteiger partial charge on any atom is 0.159 e. The van der Waals surface area contributed by atoms with Crippen LogP contribution in [0.25, 0.3) is 0 Å². The molecule has 2 atom stereocenters. The number of aryl methyl sites for hydroxylation is 1. The Kier molecular flexibility index (Phi) is 4.80. The lowest BCUT2D eigenvalue weighted by atomic mass is 10.0. The van der Waals surface area contributed by atoms with Crippen LogP contribution in [0.3, 0.4) is 0 Å². The molecule has 2 heterocycles. The molecule has 1 aliphatic heterocycles. The minimum atomic E-state index is -0.827. The predicted molar refractivity (Wildman–Crippen MR) is 78.3 cm³/mol. The lowest BCUT2D eigenvalue weighted by Crippen LogP contribution is -2.33. The molecule has 2 aromatic rings. The Balaban J connectivity index is 1.53. The summed E-state index contributed by atoms with van der Waals surface area (Å²) < 4.78 is 34.1. The van der Waals surface area contributed by atoms with Gasteiger partial charge in [-0.3, -0.25) is 0 Å². The van der Waals surface area contributed by atoms with Crippen LogP contribution in [0.2, 0.25) is 0 Å². The number of ether oxygens (including phenoxy) is 1. The van der Waals surface area contributed by atoms with Crippen LogP contribution >= 0.6 is 0 Å². The van der Waals surface area contributed by atoms with Gasteiger partial charge >= 0.3 is 0 Å². The zero-order valence-electron chi connectivity index (χ0n) is 12.2. The molecule has 1 aliphatic rings. The van der Waals surface area contributed by atoms with Crippen molar-refractivity contribution in [1.82, 2.24) is 14.9 Å². The highest BCUT2D eigenvalue weighted by molar-refractivity contribution is 5.22. The molecular formula is C16H19F2N3O. The van der Waals surface area contributed by atoms with Gasteiger partial charge in [0, 0.05) is 31.6 Å². The maximum absolute atomic E-state index is 13.4. The third kappa shape index (κ3) is 3.51. The van der Waals surface area contributed by atoms with Crippen molar-refractivity contribution in [3.63, 3.8) is 0 Å². The van der Waals surface area contributed by atoms with Gasteiger partial charge in [0.25, 0.3) is 0 Å². The monoisotopic (exact) mass is 307 g/mol. The molecule has 0 saturated carbocycles. The topological polar surface area (TPSA) is 39.1 Å². The molecule has 1 aromatic heterocycles. The van der Waals surface area contributed by atoms with E-state index < -0.39 is 11.6 Å². The van der Waals surface area contributed by atoms with Crippen molar-refractivity contribution in [2.24, 2.45) is 0 Å². The van der Waals surface area contributed by atoms with Gasteiger partial charge in [0.2, 0.25) is 0 Å². The Hall–Kier alpha value is -1.79. The first-order chi connectivity index (χ1) is 10.7. The molecule has 0 amide bonds. The summed E-state index contributed by atoms with van der Waals surface area (Å²) in [6.45, 7) is 2.37. The van der Waals surface area contributed by atoms with E-state index in [-0.39, 0.29) is 12.1 Å². The van der Waals surface area contributed by atoms with E-state index in [1.807, 2.05) is 10.8 Å². The van der Waals surface area contributed by atoms with Crippen molar-refractivity contribution in [2.45, 2.75) is 31.5 Å². The summed E-state index contributed by atoms with van der Waals surface area (Å²) in [6, 6.07) is 4.11. The van der Waals surface area contributed by atoms with E-state index in [1.54, 1.807) is 18.6 Å². The predicted octanol–water partition coefficient (Wildman–Crippen LogP) is 2.67. The van der Waals surface area contributed by atoms with Gasteiger partial charge in [0.15, 0.2) is 11.6 Å². The van der Waals surface area contributed by atoms with Crippen molar-refractivity contribution in [2.75, 3.05) is 13.2 Å². The quantitative estimate of drug-likeness (QED) is 0.834. The number of hydrogen-bond acceptors (Lipinski definition) is 3. The van der Waals surface area contributed by atoms with Crippen LogP contribution in [-0.2, 0) is 11.3 Å². The van der Waals surface area contributed by atoms with Crippen LogP contribution in [0, 0.1) is 11.6 Å². The summed E-state index contributed by atoms with van der Waals surface area (Å²) in [7, 11) is 0. The number of halogens is 2. The van der Waals surface area contributed by atoms with Crippen LogP contribution in [0.5, 0.6) is 0 Å². The van der Waals surface area contributed by atoms with Crippen molar-refractivity contribution < 1.29 is 13.5 Å². The molecule has 0 bridgehead atoms. The fraction of sp³-hybridized carbons (Fsp3) is 0.438. The molecule has 0 unspecified atom stereocenters. The van der Waals surface area contributed by atoms with Gasteiger partial charge < -0.3 is 14.6 Å². The summed E-state index contributed by atoms with van der Waals surface area (Å²) in [5.74, 6) is -1.65. The fourth-order valence-corrected chi connectivity index (χ4v) is 2.78. The second kappa shape index (κ2) is 6.98. The van der Waals surface area contributed by atoms with Gasteiger partial charge in [0.05, 0.1) is 12.4 Å². The van der Waals surface area contributed by atoms with Gasteiger partial charge in [0.1, 0.15) is 0 Å². The molecule has 4 nitrogen and oxygen atoms in total. The van der Waals surface area contributed by atoms with Crippen molar-refractivity contribution in [3.05, 3.63) is 54.1 Å². The summed E-state index contributed by atoms with van der Waals surface area (Å²) in [5.41, 5.74) is 0.684. The number of benzene rings is 1. The van der Waals surface area contributed by atoms with E-state index in [0.29, 0.717) is 12.2 Å². The number of rotatable bonds is 6. The van der Waals surface area contributed by atoms with Crippen LogP contribution in [0.1, 0.15) is 24.5 Å². The van der Waals surface area contributed by atoms with Gasteiger partial charge in [-0.05, 0) is 37.1 Å². The zero-order valence-corrected chi connectivity index (χ0v) is 12.2. The van der Waals surface area contributed by atoms with Crippen molar-refractivity contribution >= 4 is 0 Å². The number of nitrogens with zero attached hydrogens (tertiary/aromatic N) is 2. The highest BCUT2D eigenvalue weighted by Gasteiger charge is 2.29. The lowest BCUT2D eigenvalue weighted by molar-refractivity contribution is 0.0983. The Bertz CT molecular complexity index is 603. The summed E-state index contributed by atoms with van der Waals surface area (Å²) in [5, 5.41) is 3.45. The molecule has 1 fully saturated rings. The molecule has 1 N–H and O–H groups in total. The molecule has 0 radical (unpaired) electrons. The van der Waals surface area contributed by atoms with E-state index in [4.69, 9.17) is 4.74 Å². The van der Waals surface area contributed by atoms with E-state index in [9.17, 15) is 8.78 Å². The first kappa shape index (κ1) is 15.1. The van der Waals surface area contributed by atoms with Gasteiger partial charge in [-0.25, -0.2) is 13.8 Å². The van der Waals surface area contributed by atoms with Crippen molar-refractivity contribution in [1.29, 1.82) is 0 Å². The average Bonchev–Trinajstić information content (AvgIpc) is 3.18. The largest absolute Gasteiger partial charge is 0.372 e. The van der Waals surface area contributed by atoms with E-state index in [1.165, 1.54) is 6.07 Å². The van der Waals surface area contributed by atoms with E-state index >= 15 is 0 Å². The van der Waals surface area contributed by atoms with Crippen LogP contribution in [0.15, 0.2) is 36.9 Å². The first-order valence-corrected chi connectivity index (χ1v) is 7.50. The lowest BCUT2D eigenvalue weighted by Gasteiger charge is -2.20. The molecule has 0 aliphatic carbocycles. The zero-order chi connectivity index (χ0) is 15.4. The Morgan fingerprint density at radius 3 is 3.00 bits per heavy atom. The molecule has 1 aromatic carbocycles. The molecule has 1 saturated heterocycles. The number of nitrogens with one attached hydrogen (secondary N) is 1. The van der Waals surface area contributed by atoms with Crippen LogP contribution in [-0.4, -0.2) is 28.7 Å². The van der Waals surface area contributed by atoms with Crippen molar-refractivity contribution in [3.8, 4) is 0 Å². The standard InChI is InChI=1S/C16H19F2N3O/c17-13-3-2-12(10-14(13)18)16-15(4-9-22-16)20-5-1-7-21-8-6-19-11-21/h2-3,6,8,10-11,15-16,20H,1,4-5,7,9H2/t15-,16-/m0/s1. The second-order valence-corrected chi connectivity index (χ2v) is 5.47. The SMILES string of the molecule is Fc1ccc([C@@H]2OCC[C@@H]2NCCCn2ccnc2)cc1F. The smallest absolute Gasteiger partial charge is 0.159 e. The molecule has 118 valence electrons. The number of hydrogen-bond donors (Lipinski definition) is 1. The highest BCUT2D eigenvalue weighted by Crippen LogP contribution is 2.29.